The Hall–Kier alpha value is -2.60. The number of hydrogen-bond donors (Lipinski definition) is 1. The topological polar surface area (TPSA) is 50.8 Å². The molecule has 1 amide bonds. The van der Waals surface area contributed by atoms with Gasteiger partial charge in [-0.3, -0.25) is 4.79 Å². The molecule has 5 nitrogen and oxygen atoms in total. The second-order valence-corrected chi connectivity index (χ2v) is 5.46. The van der Waals surface area contributed by atoms with Crippen LogP contribution in [-0.2, 0) is 0 Å². The summed E-state index contributed by atoms with van der Waals surface area (Å²) in [7, 11) is 1.57. The summed E-state index contributed by atoms with van der Waals surface area (Å²) in [5.74, 6) is 0.547. The first-order valence-electron chi connectivity index (χ1n) is 7.79. The molecule has 0 spiro atoms. The van der Waals surface area contributed by atoms with Crippen LogP contribution >= 0.6 is 0 Å². The second-order valence-electron chi connectivity index (χ2n) is 5.46. The lowest BCUT2D eigenvalue weighted by molar-refractivity contribution is 0.0735. The summed E-state index contributed by atoms with van der Waals surface area (Å²) in [6.45, 7) is 2.77. The number of benzene rings is 2. The Balaban J connectivity index is 1.72. The van der Waals surface area contributed by atoms with E-state index >= 15 is 0 Å². The van der Waals surface area contributed by atoms with Gasteiger partial charge < -0.3 is 19.7 Å². The second kappa shape index (κ2) is 7.31. The van der Waals surface area contributed by atoms with Gasteiger partial charge in [-0.05, 0) is 42.5 Å². The summed E-state index contributed by atoms with van der Waals surface area (Å²) in [6, 6.07) is 11.1. The van der Waals surface area contributed by atoms with E-state index in [2.05, 4.69) is 5.32 Å². The first kappa shape index (κ1) is 16.3. The van der Waals surface area contributed by atoms with Crippen molar-refractivity contribution in [3.05, 3.63) is 53.8 Å². The average Bonchev–Trinajstić information content (AvgIpc) is 2.64. The van der Waals surface area contributed by atoms with Gasteiger partial charge in [0.2, 0.25) is 0 Å². The van der Waals surface area contributed by atoms with E-state index < -0.39 is 5.82 Å². The number of nitrogens with zero attached hydrogens (tertiary/aromatic N) is 1. The summed E-state index contributed by atoms with van der Waals surface area (Å²) in [6.07, 6.45) is 0. The Morgan fingerprint density at radius 2 is 1.75 bits per heavy atom. The number of hydrogen-bond acceptors (Lipinski definition) is 4. The third-order valence-electron chi connectivity index (χ3n) is 3.87. The Bertz CT molecular complexity index is 713. The van der Waals surface area contributed by atoms with E-state index in [0.717, 1.165) is 13.1 Å². The number of halogens is 1. The maximum atomic E-state index is 14.3. The van der Waals surface area contributed by atoms with Gasteiger partial charge in [-0.1, -0.05) is 0 Å². The molecule has 0 radical (unpaired) electrons. The van der Waals surface area contributed by atoms with Crippen LogP contribution in [0.3, 0.4) is 0 Å². The molecule has 1 fully saturated rings. The van der Waals surface area contributed by atoms with Gasteiger partial charge in [-0.25, -0.2) is 4.39 Å². The van der Waals surface area contributed by atoms with E-state index in [1.165, 1.54) is 12.1 Å². The molecule has 3 rings (SSSR count). The maximum absolute atomic E-state index is 14.3. The van der Waals surface area contributed by atoms with Crippen molar-refractivity contribution in [1.82, 2.24) is 10.2 Å². The smallest absolute Gasteiger partial charge is 0.254 e. The molecule has 6 heteroatoms. The maximum Gasteiger partial charge on any atom is 0.254 e. The van der Waals surface area contributed by atoms with Crippen LogP contribution in [0.4, 0.5) is 4.39 Å². The number of amides is 1. The predicted molar refractivity (Wildman–Crippen MR) is 88.2 cm³/mol. The molecule has 0 saturated carbocycles. The van der Waals surface area contributed by atoms with Crippen molar-refractivity contribution in [3.8, 4) is 17.2 Å². The lowest BCUT2D eigenvalue weighted by atomic mass is 10.1. The SMILES string of the molecule is COc1ccc(Oc2ccc(C(=O)N3CCNCC3)cc2F)cc1. The number of carbonyl (C=O) groups is 1. The minimum absolute atomic E-state index is 0.0806. The summed E-state index contributed by atoms with van der Waals surface area (Å²) in [5.41, 5.74) is 0.330. The van der Waals surface area contributed by atoms with Crippen molar-refractivity contribution >= 4 is 5.91 Å². The Morgan fingerprint density at radius 3 is 2.38 bits per heavy atom. The fourth-order valence-corrected chi connectivity index (χ4v) is 2.54. The molecular formula is C18H19FN2O3. The molecule has 0 atom stereocenters. The van der Waals surface area contributed by atoms with Crippen LogP contribution in [0.25, 0.3) is 0 Å². The van der Waals surface area contributed by atoms with E-state index in [9.17, 15) is 9.18 Å². The molecule has 0 unspecified atom stereocenters. The normalized spacial score (nSPS) is 14.3. The predicted octanol–water partition coefficient (Wildman–Crippen LogP) is 2.67. The molecular weight excluding hydrogens is 311 g/mol. The zero-order chi connectivity index (χ0) is 16.9. The van der Waals surface area contributed by atoms with Crippen LogP contribution in [0.5, 0.6) is 17.2 Å². The molecule has 0 aromatic heterocycles. The molecule has 0 aliphatic carbocycles. The van der Waals surface area contributed by atoms with Crippen molar-refractivity contribution in [2.75, 3.05) is 33.3 Å². The largest absolute Gasteiger partial charge is 0.497 e. The molecule has 1 heterocycles. The molecule has 1 N–H and O–H groups in total. The molecule has 126 valence electrons. The third-order valence-corrected chi connectivity index (χ3v) is 3.87. The van der Waals surface area contributed by atoms with Crippen LogP contribution < -0.4 is 14.8 Å². The minimum Gasteiger partial charge on any atom is -0.497 e. The molecule has 24 heavy (non-hydrogen) atoms. The summed E-state index contributed by atoms with van der Waals surface area (Å²) in [5, 5.41) is 3.18. The number of carbonyl (C=O) groups excluding carboxylic acids is 1. The van der Waals surface area contributed by atoms with Gasteiger partial charge in [0.05, 0.1) is 7.11 Å². The van der Waals surface area contributed by atoms with Gasteiger partial charge in [0.25, 0.3) is 5.91 Å². The van der Waals surface area contributed by atoms with E-state index in [1.807, 2.05) is 0 Å². The quantitative estimate of drug-likeness (QED) is 0.936. The van der Waals surface area contributed by atoms with E-state index in [1.54, 1.807) is 42.3 Å². The molecule has 1 saturated heterocycles. The van der Waals surface area contributed by atoms with Crippen molar-refractivity contribution in [1.29, 1.82) is 0 Å². The summed E-state index contributed by atoms with van der Waals surface area (Å²) >= 11 is 0. The summed E-state index contributed by atoms with van der Waals surface area (Å²) in [4.78, 5) is 14.1. The van der Waals surface area contributed by atoms with Crippen molar-refractivity contribution in [2.45, 2.75) is 0 Å². The first-order valence-corrected chi connectivity index (χ1v) is 7.79. The van der Waals surface area contributed by atoms with E-state index in [4.69, 9.17) is 9.47 Å². The number of piperazine rings is 1. The van der Waals surface area contributed by atoms with Gasteiger partial charge in [0.15, 0.2) is 11.6 Å². The fourth-order valence-electron chi connectivity index (χ4n) is 2.54. The van der Waals surface area contributed by atoms with Gasteiger partial charge in [-0.2, -0.15) is 0 Å². The Labute approximate surface area is 140 Å². The molecule has 1 aliphatic heterocycles. The highest BCUT2D eigenvalue weighted by Crippen LogP contribution is 2.27. The van der Waals surface area contributed by atoms with Crippen LogP contribution in [0.2, 0.25) is 0 Å². The zero-order valence-electron chi connectivity index (χ0n) is 13.4. The standard InChI is InChI=1S/C18H19FN2O3/c1-23-14-3-5-15(6-4-14)24-17-7-2-13(12-16(17)19)18(22)21-10-8-20-9-11-21/h2-7,12,20H,8-11H2,1H3. The first-order chi connectivity index (χ1) is 11.7. The van der Waals surface area contributed by atoms with Crippen LogP contribution in [0.15, 0.2) is 42.5 Å². The van der Waals surface area contributed by atoms with Gasteiger partial charge >= 0.3 is 0 Å². The summed E-state index contributed by atoms with van der Waals surface area (Å²) < 4.78 is 24.9. The van der Waals surface area contributed by atoms with Gasteiger partial charge in [0.1, 0.15) is 11.5 Å². The minimum atomic E-state index is -0.563. The van der Waals surface area contributed by atoms with Crippen LogP contribution in [0.1, 0.15) is 10.4 Å². The number of nitrogens with one attached hydrogen (secondary N) is 1. The van der Waals surface area contributed by atoms with Crippen molar-refractivity contribution in [3.63, 3.8) is 0 Å². The fraction of sp³-hybridized carbons (Fsp3) is 0.278. The van der Waals surface area contributed by atoms with E-state index in [0.29, 0.717) is 30.2 Å². The molecule has 1 aliphatic rings. The Kier molecular flexibility index (Phi) is 4.96. The molecule has 2 aromatic carbocycles. The van der Waals surface area contributed by atoms with Crippen LogP contribution in [-0.4, -0.2) is 44.1 Å². The highest BCUT2D eigenvalue weighted by Gasteiger charge is 2.19. The van der Waals surface area contributed by atoms with Gasteiger partial charge in [-0.15, -0.1) is 0 Å². The van der Waals surface area contributed by atoms with Crippen molar-refractivity contribution in [2.24, 2.45) is 0 Å². The lowest BCUT2D eigenvalue weighted by Crippen LogP contribution is -2.46. The monoisotopic (exact) mass is 330 g/mol. The van der Waals surface area contributed by atoms with Gasteiger partial charge in [0, 0.05) is 31.7 Å². The zero-order valence-corrected chi connectivity index (χ0v) is 13.4. The van der Waals surface area contributed by atoms with Crippen LogP contribution in [0, 0.1) is 5.82 Å². The molecule has 0 bridgehead atoms. The van der Waals surface area contributed by atoms with Crippen molar-refractivity contribution < 1.29 is 18.7 Å². The van der Waals surface area contributed by atoms with E-state index in [-0.39, 0.29) is 11.7 Å². The lowest BCUT2D eigenvalue weighted by Gasteiger charge is -2.27. The number of methoxy groups -OCH3 is 1. The third kappa shape index (κ3) is 3.65. The average molecular weight is 330 g/mol. The molecule has 2 aromatic rings. The highest BCUT2D eigenvalue weighted by molar-refractivity contribution is 5.94. The Morgan fingerprint density at radius 1 is 1.08 bits per heavy atom. The number of ether oxygens (including phenoxy) is 2. The number of rotatable bonds is 4. The highest BCUT2D eigenvalue weighted by atomic mass is 19.1.